The number of anilines is 1. The highest BCUT2D eigenvalue weighted by molar-refractivity contribution is 6.30. The van der Waals surface area contributed by atoms with Crippen molar-refractivity contribution in [1.29, 1.82) is 5.26 Å². The molecule has 0 aliphatic heterocycles. The molecule has 0 saturated heterocycles. The summed E-state index contributed by atoms with van der Waals surface area (Å²) in [7, 11) is 3.35. The van der Waals surface area contributed by atoms with Crippen molar-refractivity contribution in [3.05, 3.63) is 40.5 Å². The van der Waals surface area contributed by atoms with Crippen LogP contribution in [0, 0.1) is 18.3 Å². The Kier molecular flexibility index (Phi) is 4.16. The van der Waals surface area contributed by atoms with E-state index in [1.165, 1.54) is 0 Å². The Bertz CT molecular complexity index is 642. The molecule has 0 aliphatic rings. The maximum Gasteiger partial charge on any atom is 0.218 e. The van der Waals surface area contributed by atoms with Gasteiger partial charge >= 0.3 is 0 Å². The summed E-state index contributed by atoms with van der Waals surface area (Å²) in [6, 6.07) is 8.88. The lowest BCUT2D eigenvalue weighted by Gasteiger charge is -2.14. The van der Waals surface area contributed by atoms with Crippen LogP contribution in [0.15, 0.2) is 24.3 Å². The van der Waals surface area contributed by atoms with Gasteiger partial charge in [0, 0.05) is 17.8 Å². The molecule has 2 rings (SSSR count). The fourth-order valence-electron chi connectivity index (χ4n) is 2.11. The van der Waals surface area contributed by atoms with Gasteiger partial charge in [-0.15, -0.1) is 0 Å². The quantitative estimate of drug-likeness (QED) is 0.940. The number of methoxy groups -OCH3 is 1. The summed E-state index contributed by atoms with van der Waals surface area (Å²) in [5.41, 5.74) is 2.32. The molecular weight excluding hydrogens is 276 g/mol. The lowest BCUT2D eigenvalue weighted by Crippen LogP contribution is -2.10. The number of hydrogen-bond donors (Lipinski definition) is 1. The summed E-state index contributed by atoms with van der Waals surface area (Å²) >= 11 is 5.85. The third kappa shape index (κ3) is 2.70. The second kappa shape index (κ2) is 5.85. The molecular formula is C14H15ClN4O. The van der Waals surface area contributed by atoms with Crippen molar-refractivity contribution in [2.24, 2.45) is 7.05 Å². The Labute approximate surface area is 122 Å². The van der Waals surface area contributed by atoms with Crippen LogP contribution in [0.5, 0.6) is 5.88 Å². The molecule has 1 N–H and O–H groups in total. The molecule has 104 valence electrons. The van der Waals surface area contributed by atoms with Crippen LogP contribution in [0.25, 0.3) is 0 Å². The molecule has 1 heterocycles. The minimum Gasteiger partial charge on any atom is -0.481 e. The summed E-state index contributed by atoms with van der Waals surface area (Å²) in [5, 5.41) is 17.5. The second-order valence-corrected chi connectivity index (χ2v) is 4.78. The molecule has 0 fully saturated rings. The van der Waals surface area contributed by atoms with Gasteiger partial charge < -0.3 is 10.1 Å². The first-order valence-corrected chi connectivity index (χ1v) is 6.43. The van der Waals surface area contributed by atoms with Gasteiger partial charge in [0.25, 0.3) is 0 Å². The number of aryl methyl sites for hydroxylation is 2. The van der Waals surface area contributed by atoms with Crippen LogP contribution in [-0.4, -0.2) is 16.9 Å². The number of nitriles is 1. The maximum absolute atomic E-state index is 9.42. The van der Waals surface area contributed by atoms with E-state index in [0.29, 0.717) is 10.9 Å². The Morgan fingerprint density at radius 2 is 2.05 bits per heavy atom. The van der Waals surface area contributed by atoms with E-state index in [0.717, 1.165) is 16.9 Å². The summed E-state index contributed by atoms with van der Waals surface area (Å²) in [6.45, 7) is 1.85. The lowest BCUT2D eigenvalue weighted by molar-refractivity contribution is 0.369. The predicted molar refractivity (Wildman–Crippen MR) is 77.9 cm³/mol. The van der Waals surface area contributed by atoms with Crippen LogP contribution >= 0.6 is 11.6 Å². The molecule has 0 spiro atoms. The van der Waals surface area contributed by atoms with E-state index in [2.05, 4.69) is 16.5 Å². The van der Waals surface area contributed by atoms with E-state index in [9.17, 15) is 5.26 Å². The van der Waals surface area contributed by atoms with Gasteiger partial charge in [-0.05, 0) is 31.2 Å². The standard InChI is InChI=1S/C14H15ClN4O/c1-9-13(14(20-3)19(2)18-9)12(8-16)17-11-6-4-10(15)5-7-11/h4-7,12,17H,1-3H3. The van der Waals surface area contributed by atoms with Gasteiger partial charge in [-0.25, -0.2) is 4.68 Å². The van der Waals surface area contributed by atoms with Gasteiger partial charge in [-0.1, -0.05) is 11.6 Å². The molecule has 0 radical (unpaired) electrons. The van der Waals surface area contributed by atoms with Gasteiger partial charge in [-0.2, -0.15) is 10.4 Å². The van der Waals surface area contributed by atoms with E-state index < -0.39 is 6.04 Å². The Balaban J connectivity index is 2.34. The number of hydrogen-bond acceptors (Lipinski definition) is 4. The molecule has 6 heteroatoms. The van der Waals surface area contributed by atoms with E-state index in [1.807, 2.05) is 19.1 Å². The van der Waals surface area contributed by atoms with Gasteiger partial charge in [0.05, 0.1) is 24.4 Å². The molecule has 0 aliphatic carbocycles. The summed E-state index contributed by atoms with van der Waals surface area (Å²) < 4.78 is 6.95. The zero-order valence-corrected chi connectivity index (χ0v) is 12.3. The topological polar surface area (TPSA) is 62.9 Å². The smallest absolute Gasteiger partial charge is 0.218 e. The van der Waals surface area contributed by atoms with Gasteiger partial charge in [0.15, 0.2) is 0 Å². The third-order valence-electron chi connectivity index (χ3n) is 2.98. The van der Waals surface area contributed by atoms with Crippen LogP contribution in [0.1, 0.15) is 17.3 Å². The highest BCUT2D eigenvalue weighted by Gasteiger charge is 2.23. The van der Waals surface area contributed by atoms with E-state index in [4.69, 9.17) is 16.3 Å². The van der Waals surface area contributed by atoms with E-state index in [1.54, 1.807) is 31.0 Å². The number of benzene rings is 1. The number of nitrogens with zero attached hydrogens (tertiary/aromatic N) is 3. The first-order chi connectivity index (χ1) is 9.56. The molecule has 1 unspecified atom stereocenters. The van der Waals surface area contributed by atoms with Crippen molar-refractivity contribution < 1.29 is 4.74 Å². The molecule has 20 heavy (non-hydrogen) atoms. The maximum atomic E-state index is 9.42. The minimum absolute atomic E-state index is 0.542. The van der Waals surface area contributed by atoms with Crippen LogP contribution < -0.4 is 10.1 Å². The fourth-order valence-corrected chi connectivity index (χ4v) is 2.24. The molecule has 5 nitrogen and oxygen atoms in total. The van der Waals surface area contributed by atoms with Crippen molar-refractivity contribution in [3.8, 4) is 11.9 Å². The monoisotopic (exact) mass is 290 g/mol. The van der Waals surface area contributed by atoms with Crippen molar-refractivity contribution in [2.45, 2.75) is 13.0 Å². The van der Waals surface area contributed by atoms with Gasteiger partial charge in [0.2, 0.25) is 5.88 Å². The van der Waals surface area contributed by atoms with E-state index in [-0.39, 0.29) is 0 Å². The number of nitrogens with one attached hydrogen (secondary N) is 1. The Hall–Kier alpha value is -2.19. The van der Waals surface area contributed by atoms with Crippen molar-refractivity contribution >= 4 is 17.3 Å². The number of ether oxygens (including phenoxy) is 1. The first kappa shape index (κ1) is 14.2. The van der Waals surface area contributed by atoms with Crippen LogP contribution in [-0.2, 0) is 7.05 Å². The minimum atomic E-state index is -0.542. The molecule has 0 saturated carbocycles. The number of halogens is 1. The Morgan fingerprint density at radius 1 is 1.40 bits per heavy atom. The van der Waals surface area contributed by atoms with Gasteiger partial charge in [0.1, 0.15) is 6.04 Å². The Morgan fingerprint density at radius 3 is 2.60 bits per heavy atom. The normalized spacial score (nSPS) is 11.8. The van der Waals surface area contributed by atoms with Crippen molar-refractivity contribution in [1.82, 2.24) is 9.78 Å². The van der Waals surface area contributed by atoms with Crippen molar-refractivity contribution in [3.63, 3.8) is 0 Å². The molecule has 0 bridgehead atoms. The average molecular weight is 291 g/mol. The molecule has 1 aromatic heterocycles. The largest absolute Gasteiger partial charge is 0.481 e. The molecule has 2 aromatic rings. The zero-order valence-electron chi connectivity index (χ0n) is 11.5. The number of rotatable bonds is 4. The highest BCUT2D eigenvalue weighted by Crippen LogP contribution is 2.30. The van der Waals surface area contributed by atoms with Gasteiger partial charge in [-0.3, -0.25) is 0 Å². The highest BCUT2D eigenvalue weighted by atomic mass is 35.5. The average Bonchev–Trinajstić information content (AvgIpc) is 2.72. The molecule has 1 atom stereocenters. The third-order valence-corrected chi connectivity index (χ3v) is 3.23. The predicted octanol–water partition coefficient (Wildman–Crippen LogP) is 3.07. The summed E-state index contributed by atoms with van der Waals surface area (Å²) in [6.07, 6.45) is 0. The van der Waals surface area contributed by atoms with Crippen LogP contribution in [0.4, 0.5) is 5.69 Å². The van der Waals surface area contributed by atoms with E-state index >= 15 is 0 Å². The SMILES string of the molecule is COc1c(C(C#N)Nc2ccc(Cl)cc2)c(C)nn1C. The fraction of sp³-hybridized carbons (Fsp3) is 0.286. The second-order valence-electron chi connectivity index (χ2n) is 4.35. The van der Waals surface area contributed by atoms with Crippen LogP contribution in [0.2, 0.25) is 5.02 Å². The number of aromatic nitrogens is 2. The summed E-state index contributed by atoms with van der Waals surface area (Å²) in [4.78, 5) is 0. The lowest BCUT2D eigenvalue weighted by atomic mass is 10.1. The van der Waals surface area contributed by atoms with Crippen LogP contribution in [0.3, 0.4) is 0 Å². The van der Waals surface area contributed by atoms with Crippen molar-refractivity contribution in [2.75, 3.05) is 12.4 Å². The first-order valence-electron chi connectivity index (χ1n) is 6.06. The summed E-state index contributed by atoms with van der Waals surface area (Å²) in [5.74, 6) is 0.579. The molecule has 1 aromatic carbocycles. The molecule has 0 amide bonds. The zero-order chi connectivity index (χ0) is 14.7.